The van der Waals surface area contributed by atoms with E-state index in [1.807, 2.05) is 26.0 Å². The Kier molecular flexibility index (Phi) is 5.40. The largest absolute Gasteiger partial charge is 0.466 e. The summed E-state index contributed by atoms with van der Waals surface area (Å²) in [4.78, 5) is 34.5. The highest BCUT2D eigenvalue weighted by atomic mass is 32.1. The third kappa shape index (κ3) is 3.86. The maximum Gasteiger partial charge on any atom is 0.311 e. The number of nitrogens with one attached hydrogen (secondary N) is 1. The number of rotatable bonds is 5. The molecule has 0 aliphatic carbocycles. The molecule has 154 valence electrons. The predicted molar refractivity (Wildman–Crippen MR) is 121 cm³/mol. The number of hydrogen-bond acceptors (Lipinski definition) is 8. The van der Waals surface area contributed by atoms with Crippen molar-refractivity contribution in [3.8, 4) is 0 Å². The number of carbonyl (C=O) groups excluding carboxylic acids is 2. The fraction of sp³-hybridized carbons (Fsp3) is 0.238. The van der Waals surface area contributed by atoms with Crippen molar-refractivity contribution in [1.82, 2.24) is 9.97 Å². The molecule has 0 aliphatic rings. The molecule has 1 amide bonds. The molecule has 4 rings (SSSR count). The number of ether oxygens (including phenoxy) is 1. The number of pyridine rings is 1. The fourth-order valence-electron chi connectivity index (χ4n) is 3.29. The number of aromatic nitrogens is 2. The molecular formula is C21H20N4O3S2. The predicted octanol–water partition coefficient (Wildman–Crippen LogP) is 4.46. The number of nitrogens with two attached hydrogens (primary N) is 1. The van der Waals surface area contributed by atoms with Gasteiger partial charge in [-0.3, -0.25) is 14.9 Å². The Labute approximate surface area is 180 Å². The molecule has 0 atom stereocenters. The average molecular weight is 441 g/mol. The zero-order chi connectivity index (χ0) is 21.4. The zero-order valence-electron chi connectivity index (χ0n) is 16.7. The highest BCUT2D eigenvalue weighted by Crippen LogP contribution is 2.36. The molecule has 0 saturated heterocycles. The number of esters is 1. The minimum Gasteiger partial charge on any atom is -0.466 e. The molecule has 0 aliphatic heterocycles. The smallest absolute Gasteiger partial charge is 0.311 e. The summed E-state index contributed by atoms with van der Waals surface area (Å²) >= 11 is 2.50. The number of nitrogen functional groups attached to an aromatic ring is 1. The van der Waals surface area contributed by atoms with Crippen LogP contribution in [0.2, 0.25) is 0 Å². The lowest BCUT2D eigenvalue weighted by atomic mass is 10.1. The van der Waals surface area contributed by atoms with Crippen LogP contribution < -0.4 is 11.1 Å². The maximum absolute atomic E-state index is 12.8. The number of carbonyl (C=O) groups is 2. The molecule has 3 aromatic heterocycles. The number of benzene rings is 1. The minimum atomic E-state index is -0.349. The third-order valence-electron chi connectivity index (χ3n) is 4.59. The van der Waals surface area contributed by atoms with E-state index in [0.29, 0.717) is 28.0 Å². The zero-order valence-corrected chi connectivity index (χ0v) is 18.4. The summed E-state index contributed by atoms with van der Waals surface area (Å²) in [6.45, 7) is 6.14. The van der Waals surface area contributed by atoms with Crippen molar-refractivity contribution in [2.24, 2.45) is 0 Å². The Hall–Kier alpha value is -3.04. The minimum absolute atomic E-state index is 0.0700. The van der Waals surface area contributed by atoms with Crippen LogP contribution in [0.1, 0.15) is 33.4 Å². The van der Waals surface area contributed by atoms with E-state index in [4.69, 9.17) is 15.5 Å². The number of hydrogen-bond donors (Lipinski definition) is 2. The summed E-state index contributed by atoms with van der Waals surface area (Å²) in [6, 6.07) is 6.12. The van der Waals surface area contributed by atoms with Crippen molar-refractivity contribution in [2.75, 3.05) is 17.7 Å². The first-order valence-electron chi connectivity index (χ1n) is 9.37. The fourth-order valence-corrected chi connectivity index (χ4v) is 4.97. The molecular weight excluding hydrogens is 420 g/mol. The lowest BCUT2D eigenvalue weighted by molar-refractivity contribution is -0.142. The molecule has 3 N–H and O–H groups in total. The number of fused-ring (bicyclic) bond motifs is 2. The van der Waals surface area contributed by atoms with Crippen molar-refractivity contribution >= 4 is 66.5 Å². The SMILES string of the molecule is CCOC(=O)Cc1csc(NC(=O)c2sc3nc4cc(C)cc(C)c4cc3c2N)n1. The van der Waals surface area contributed by atoms with Crippen LogP contribution in [-0.2, 0) is 16.0 Å². The molecule has 0 spiro atoms. The summed E-state index contributed by atoms with van der Waals surface area (Å²) in [7, 11) is 0. The van der Waals surface area contributed by atoms with Crippen LogP contribution in [0.15, 0.2) is 23.6 Å². The van der Waals surface area contributed by atoms with Gasteiger partial charge >= 0.3 is 5.97 Å². The first-order valence-corrected chi connectivity index (χ1v) is 11.1. The van der Waals surface area contributed by atoms with Gasteiger partial charge < -0.3 is 10.5 Å². The van der Waals surface area contributed by atoms with Gasteiger partial charge in [-0.05, 0) is 44.0 Å². The number of amides is 1. The van der Waals surface area contributed by atoms with Gasteiger partial charge in [0.05, 0.1) is 29.9 Å². The van der Waals surface area contributed by atoms with Crippen molar-refractivity contribution in [3.05, 3.63) is 45.3 Å². The van der Waals surface area contributed by atoms with Crippen LogP contribution in [0.5, 0.6) is 0 Å². The van der Waals surface area contributed by atoms with Crippen LogP contribution >= 0.6 is 22.7 Å². The topological polar surface area (TPSA) is 107 Å². The number of anilines is 2. The third-order valence-corrected chi connectivity index (χ3v) is 6.51. The van der Waals surface area contributed by atoms with Crippen molar-refractivity contribution in [1.29, 1.82) is 0 Å². The van der Waals surface area contributed by atoms with E-state index < -0.39 is 0 Å². The molecule has 3 heterocycles. The summed E-state index contributed by atoms with van der Waals surface area (Å²) in [5.74, 6) is -0.692. The second-order valence-electron chi connectivity index (χ2n) is 6.91. The number of thiophene rings is 1. The van der Waals surface area contributed by atoms with E-state index >= 15 is 0 Å². The average Bonchev–Trinajstić information content (AvgIpc) is 3.24. The van der Waals surface area contributed by atoms with Gasteiger partial charge in [-0.2, -0.15) is 0 Å². The Bertz CT molecular complexity index is 1290. The van der Waals surface area contributed by atoms with E-state index in [2.05, 4.69) is 16.4 Å². The van der Waals surface area contributed by atoms with Gasteiger partial charge in [0.25, 0.3) is 5.91 Å². The van der Waals surface area contributed by atoms with Gasteiger partial charge in [-0.25, -0.2) is 9.97 Å². The molecule has 7 nitrogen and oxygen atoms in total. The monoisotopic (exact) mass is 440 g/mol. The van der Waals surface area contributed by atoms with Gasteiger partial charge in [0, 0.05) is 16.2 Å². The first kappa shape index (κ1) is 20.2. The van der Waals surface area contributed by atoms with E-state index in [0.717, 1.165) is 32.2 Å². The molecule has 30 heavy (non-hydrogen) atoms. The molecule has 9 heteroatoms. The lowest BCUT2D eigenvalue weighted by Crippen LogP contribution is -2.12. The van der Waals surface area contributed by atoms with Crippen LogP contribution in [0.4, 0.5) is 10.8 Å². The second kappa shape index (κ2) is 8.00. The van der Waals surface area contributed by atoms with E-state index in [1.54, 1.807) is 12.3 Å². The highest BCUT2D eigenvalue weighted by Gasteiger charge is 2.20. The summed E-state index contributed by atoms with van der Waals surface area (Å²) < 4.78 is 4.92. The number of nitrogens with zero attached hydrogens (tertiary/aromatic N) is 2. The second-order valence-corrected chi connectivity index (χ2v) is 8.77. The summed E-state index contributed by atoms with van der Waals surface area (Å²) in [6.07, 6.45) is 0.0700. The van der Waals surface area contributed by atoms with Gasteiger partial charge in [0.2, 0.25) is 0 Å². The molecule has 1 aromatic carbocycles. The van der Waals surface area contributed by atoms with E-state index in [-0.39, 0.29) is 18.3 Å². The maximum atomic E-state index is 12.8. The van der Waals surface area contributed by atoms with Gasteiger partial charge in [0.1, 0.15) is 9.71 Å². The lowest BCUT2D eigenvalue weighted by Gasteiger charge is -2.04. The van der Waals surface area contributed by atoms with Gasteiger partial charge in [-0.1, -0.05) is 6.07 Å². The quantitative estimate of drug-likeness (QED) is 0.444. The molecule has 0 saturated carbocycles. The number of thiazole rings is 1. The first-order chi connectivity index (χ1) is 14.4. The summed E-state index contributed by atoms with van der Waals surface area (Å²) in [5.41, 5.74) is 10.4. The normalized spacial score (nSPS) is 11.2. The van der Waals surface area contributed by atoms with Gasteiger partial charge in [-0.15, -0.1) is 22.7 Å². The molecule has 0 unspecified atom stereocenters. The van der Waals surface area contributed by atoms with E-state index in [9.17, 15) is 9.59 Å². The van der Waals surface area contributed by atoms with E-state index in [1.165, 1.54) is 22.7 Å². The highest BCUT2D eigenvalue weighted by molar-refractivity contribution is 7.21. The Balaban J connectivity index is 1.61. The van der Waals surface area contributed by atoms with Crippen LogP contribution in [0.3, 0.4) is 0 Å². The van der Waals surface area contributed by atoms with Gasteiger partial charge in [0.15, 0.2) is 5.13 Å². The van der Waals surface area contributed by atoms with Crippen LogP contribution in [0.25, 0.3) is 21.1 Å². The molecule has 4 aromatic rings. The van der Waals surface area contributed by atoms with Crippen LogP contribution in [-0.4, -0.2) is 28.5 Å². The van der Waals surface area contributed by atoms with Crippen molar-refractivity contribution in [2.45, 2.75) is 27.2 Å². The summed E-state index contributed by atoms with van der Waals surface area (Å²) in [5, 5.41) is 6.68. The Morgan fingerprint density at radius 1 is 1.17 bits per heavy atom. The number of aryl methyl sites for hydroxylation is 2. The van der Waals surface area contributed by atoms with Crippen LogP contribution in [0, 0.1) is 13.8 Å². The standard InChI is InChI=1S/C21H20N4O3S2/c1-4-28-16(26)7-12-9-29-21(23-12)25-19(27)18-17(22)14-8-13-11(3)5-10(2)6-15(13)24-20(14)30-18/h5-6,8-9H,4,7,22H2,1-3H3,(H,23,25,27). The molecule has 0 fully saturated rings. The van der Waals surface area contributed by atoms with Crippen molar-refractivity contribution in [3.63, 3.8) is 0 Å². The Morgan fingerprint density at radius 3 is 2.73 bits per heavy atom. The Morgan fingerprint density at radius 2 is 1.97 bits per heavy atom. The van der Waals surface area contributed by atoms with Crippen molar-refractivity contribution < 1.29 is 14.3 Å². The molecule has 0 radical (unpaired) electrons. The molecule has 0 bridgehead atoms.